The molecule has 0 spiro atoms. The van der Waals surface area contributed by atoms with Gasteiger partial charge in [-0.15, -0.1) is 0 Å². The molecular formula is C11H22O2S. The molecule has 0 aromatic heterocycles. The van der Waals surface area contributed by atoms with E-state index in [9.17, 15) is 0 Å². The largest absolute Gasteiger partial charge is 0.396 e. The second kappa shape index (κ2) is 6.70. The van der Waals surface area contributed by atoms with Gasteiger partial charge < -0.3 is 9.84 Å². The lowest BCUT2D eigenvalue weighted by atomic mass is 10.0. The molecule has 3 unspecified atom stereocenters. The summed E-state index contributed by atoms with van der Waals surface area (Å²) in [6.07, 6.45) is 4.47. The van der Waals surface area contributed by atoms with E-state index < -0.39 is 0 Å². The highest BCUT2D eigenvalue weighted by molar-refractivity contribution is 7.81. The zero-order valence-corrected chi connectivity index (χ0v) is 9.88. The van der Waals surface area contributed by atoms with Gasteiger partial charge in [0, 0.05) is 25.1 Å². The van der Waals surface area contributed by atoms with Crippen molar-refractivity contribution in [2.45, 2.75) is 37.9 Å². The molecule has 14 heavy (non-hydrogen) atoms. The molecule has 3 atom stereocenters. The minimum absolute atomic E-state index is 0.235. The van der Waals surface area contributed by atoms with Gasteiger partial charge in [0.05, 0.1) is 0 Å². The summed E-state index contributed by atoms with van der Waals surface area (Å²) in [6, 6.07) is 0. The predicted molar refractivity (Wildman–Crippen MR) is 61.8 cm³/mol. The third-order valence-corrected chi connectivity index (χ3v) is 3.77. The first-order valence-corrected chi connectivity index (χ1v) is 6.12. The summed E-state index contributed by atoms with van der Waals surface area (Å²) in [5.74, 6) is 1.57. The first-order chi connectivity index (χ1) is 6.74. The van der Waals surface area contributed by atoms with Gasteiger partial charge in [0.2, 0.25) is 0 Å². The number of thiol groups is 1. The highest BCUT2D eigenvalue weighted by atomic mass is 32.1. The lowest BCUT2D eigenvalue weighted by molar-refractivity contribution is 0.105. The molecule has 1 rings (SSSR count). The van der Waals surface area contributed by atoms with Crippen molar-refractivity contribution in [3.8, 4) is 0 Å². The van der Waals surface area contributed by atoms with Gasteiger partial charge in [-0.2, -0.15) is 12.6 Å². The second-order valence-corrected chi connectivity index (χ2v) is 5.02. The molecule has 3 heteroatoms. The molecule has 84 valence electrons. The van der Waals surface area contributed by atoms with Gasteiger partial charge in [-0.1, -0.05) is 6.92 Å². The fourth-order valence-corrected chi connectivity index (χ4v) is 2.53. The van der Waals surface area contributed by atoms with E-state index in [1.807, 2.05) is 0 Å². The summed E-state index contributed by atoms with van der Waals surface area (Å²) in [4.78, 5) is 0. The van der Waals surface area contributed by atoms with E-state index in [2.05, 4.69) is 19.6 Å². The maximum absolute atomic E-state index is 8.56. The quantitative estimate of drug-likeness (QED) is 0.528. The molecule has 0 aliphatic heterocycles. The van der Waals surface area contributed by atoms with Crippen molar-refractivity contribution < 1.29 is 9.84 Å². The van der Waals surface area contributed by atoms with Crippen LogP contribution in [0.25, 0.3) is 0 Å². The lowest BCUT2D eigenvalue weighted by Crippen LogP contribution is -2.04. The zero-order valence-electron chi connectivity index (χ0n) is 8.98. The van der Waals surface area contributed by atoms with Crippen LogP contribution in [0.3, 0.4) is 0 Å². The van der Waals surface area contributed by atoms with Gasteiger partial charge in [0.15, 0.2) is 0 Å². The van der Waals surface area contributed by atoms with Crippen LogP contribution in [0.4, 0.5) is 0 Å². The lowest BCUT2D eigenvalue weighted by Gasteiger charge is -2.09. The smallest absolute Gasteiger partial charge is 0.0487 e. The van der Waals surface area contributed by atoms with Gasteiger partial charge in [-0.25, -0.2) is 0 Å². The van der Waals surface area contributed by atoms with Crippen molar-refractivity contribution in [2.24, 2.45) is 11.8 Å². The van der Waals surface area contributed by atoms with Crippen molar-refractivity contribution in [2.75, 3.05) is 19.8 Å². The molecule has 0 radical (unpaired) electrons. The Hall–Kier alpha value is 0.270. The Morgan fingerprint density at radius 3 is 2.71 bits per heavy atom. The molecule has 1 aliphatic carbocycles. The van der Waals surface area contributed by atoms with E-state index in [0.29, 0.717) is 11.9 Å². The molecule has 0 saturated heterocycles. The number of rotatable bonds is 6. The van der Waals surface area contributed by atoms with Crippen LogP contribution in [-0.2, 0) is 4.74 Å². The number of hydrogen-bond donors (Lipinski definition) is 2. The van der Waals surface area contributed by atoms with Gasteiger partial charge >= 0.3 is 0 Å². The van der Waals surface area contributed by atoms with Crippen LogP contribution in [0.15, 0.2) is 0 Å². The predicted octanol–water partition coefficient (Wildman–Crippen LogP) is 2.12. The van der Waals surface area contributed by atoms with Crippen LogP contribution in [0.1, 0.15) is 32.6 Å². The fourth-order valence-electron chi connectivity index (χ4n) is 2.11. The summed E-state index contributed by atoms with van der Waals surface area (Å²) < 4.78 is 5.42. The third kappa shape index (κ3) is 4.20. The highest BCUT2D eigenvalue weighted by Crippen LogP contribution is 2.36. The Labute approximate surface area is 92.4 Å². The number of aliphatic hydroxyl groups excluding tert-OH is 1. The molecule has 0 aromatic rings. The monoisotopic (exact) mass is 218 g/mol. The summed E-state index contributed by atoms with van der Waals surface area (Å²) in [5, 5.41) is 9.15. The minimum Gasteiger partial charge on any atom is -0.396 e. The van der Waals surface area contributed by atoms with E-state index in [1.54, 1.807) is 0 Å². The maximum atomic E-state index is 8.56. The van der Waals surface area contributed by atoms with Crippen molar-refractivity contribution in [3.63, 3.8) is 0 Å². The summed E-state index contributed by atoms with van der Waals surface area (Å²) in [5.41, 5.74) is 0. The average Bonchev–Trinajstić information content (AvgIpc) is 2.46. The second-order valence-electron chi connectivity index (χ2n) is 4.36. The number of aliphatic hydroxyl groups is 1. The SMILES string of the molecule is CC1CC(CCOCCCO)CC1S. The Morgan fingerprint density at radius 1 is 1.36 bits per heavy atom. The molecule has 1 fully saturated rings. The molecule has 0 amide bonds. The average molecular weight is 218 g/mol. The first kappa shape index (κ1) is 12.3. The van der Waals surface area contributed by atoms with Gasteiger partial charge in [0.25, 0.3) is 0 Å². The van der Waals surface area contributed by atoms with Gasteiger partial charge in [-0.3, -0.25) is 0 Å². The Morgan fingerprint density at radius 2 is 2.14 bits per heavy atom. The Bertz CT molecular complexity index is 142. The summed E-state index contributed by atoms with van der Waals surface area (Å²) in [6.45, 7) is 4.06. The van der Waals surface area contributed by atoms with Crippen LogP contribution < -0.4 is 0 Å². The topological polar surface area (TPSA) is 29.5 Å². The van der Waals surface area contributed by atoms with Crippen LogP contribution in [0.2, 0.25) is 0 Å². The molecule has 0 aromatic carbocycles. The van der Waals surface area contributed by atoms with Gasteiger partial charge in [-0.05, 0) is 37.5 Å². The maximum Gasteiger partial charge on any atom is 0.0487 e. The molecular weight excluding hydrogens is 196 g/mol. The van der Waals surface area contributed by atoms with Crippen molar-refractivity contribution in [1.82, 2.24) is 0 Å². The summed E-state index contributed by atoms with van der Waals surface area (Å²) >= 11 is 4.55. The standard InChI is InChI=1S/C11H22O2S/c1-9-7-10(8-11(9)14)3-6-13-5-2-4-12/h9-12,14H,2-8H2,1H3. The minimum atomic E-state index is 0.235. The first-order valence-electron chi connectivity index (χ1n) is 5.60. The number of hydrogen-bond acceptors (Lipinski definition) is 3. The van der Waals surface area contributed by atoms with E-state index >= 15 is 0 Å². The molecule has 1 aliphatic rings. The highest BCUT2D eigenvalue weighted by Gasteiger charge is 2.28. The Balaban J connectivity index is 1.97. The normalized spacial score (nSPS) is 32.4. The molecule has 1 saturated carbocycles. The van der Waals surface area contributed by atoms with Gasteiger partial charge in [0.1, 0.15) is 0 Å². The zero-order chi connectivity index (χ0) is 10.4. The van der Waals surface area contributed by atoms with E-state index in [0.717, 1.165) is 31.3 Å². The van der Waals surface area contributed by atoms with Crippen LogP contribution in [-0.4, -0.2) is 30.2 Å². The molecule has 2 nitrogen and oxygen atoms in total. The van der Waals surface area contributed by atoms with Crippen LogP contribution in [0, 0.1) is 11.8 Å². The van der Waals surface area contributed by atoms with E-state index in [-0.39, 0.29) is 6.61 Å². The van der Waals surface area contributed by atoms with Crippen LogP contribution in [0.5, 0.6) is 0 Å². The third-order valence-electron chi connectivity index (χ3n) is 3.05. The van der Waals surface area contributed by atoms with E-state index in [4.69, 9.17) is 9.84 Å². The molecule has 0 heterocycles. The molecule has 0 bridgehead atoms. The van der Waals surface area contributed by atoms with Crippen molar-refractivity contribution in [1.29, 1.82) is 0 Å². The van der Waals surface area contributed by atoms with Crippen molar-refractivity contribution >= 4 is 12.6 Å². The molecule has 1 N–H and O–H groups in total. The van der Waals surface area contributed by atoms with Crippen molar-refractivity contribution in [3.05, 3.63) is 0 Å². The van der Waals surface area contributed by atoms with E-state index in [1.165, 1.54) is 12.8 Å². The Kier molecular flexibility index (Phi) is 5.90. The summed E-state index contributed by atoms with van der Waals surface area (Å²) in [7, 11) is 0. The fraction of sp³-hybridized carbons (Fsp3) is 1.00. The van der Waals surface area contributed by atoms with Crippen LogP contribution >= 0.6 is 12.6 Å². The number of ether oxygens (including phenoxy) is 1.